The van der Waals surface area contributed by atoms with Crippen LogP contribution in [0.5, 0.6) is 0 Å². The van der Waals surface area contributed by atoms with Gasteiger partial charge in [-0.05, 0) is 12.5 Å². The second-order valence-electron chi connectivity index (χ2n) is 3.63. The molecule has 0 unspecified atom stereocenters. The number of sulfonamides is 1. The van der Waals surface area contributed by atoms with Crippen LogP contribution in [0.25, 0.3) is 0 Å². The third kappa shape index (κ3) is 4.62. The molecule has 0 bridgehead atoms. The molecule has 0 aromatic carbocycles. The van der Waals surface area contributed by atoms with E-state index in [2.05, 4.69) is 10.0 Å². The van der Waals surface area contributed by atoms with Crippen LogP contribution in [0.2, 0.25) is 0 Å². The fourth-order valence-electron chi connectivity index (χ4n) is 1.14. The largest absolute Gasteiger partial charge is 0.477 e. The zero-order chi connectivity index (χ0) is 14.5. The van der Waals surface area contributed by atoms with E-state index in [1.54, 1.807) is 0 Å². The lowest BCUT2D eigenvalue weighted by Crippen LogP contribution is -2.37. The van der Waals surface area contributed by atoms with Gasteiger partial charge in [0.1, 0.15) is 4.88 Å². The zero-order valence-corrected chi connectivity index (χ0v) is 11.8. The van der Waals surface area contributed by atoms with Crippen molar-refractivity contribution in [1.29, 1.82) is 0 Å². The first-order chi connectivity index (χ1) is 8.86. The van der Waals surface area contributed by atoms with Crippen molar-refractivity contribution in [3.8, 4) is 0 Å². The predicted octanol–water partition coefficient (Wildman–Crippen LogP) is 0.251. The molecule has 19 heavy (non-hydrogen) atoms. The normalized spacial score (nSPS) is 11.2. The number of carbonyl (C=O) groups excluding carboxylic acids is 1. The number of aromatic carboxylic acids is 1. The molecule has 0 aliphatic carbocycles. The monoisotopic (exact) mass is 306 g/mol. The molecule has 3 N–H and O–H groups in total. The van der Waals surface area contributed by atoms with Crippen LogP contribution < -0.4 is 10.0 Å². The number of carboxylic acids is 1. The molecule has 0 radical (unpaired) electrons. The van der Waals surface area contributed by atoms with Crippen molar-refractivity contribution >= 4 is 33.2 Å². The second-order valence-corrected chi connectivity index (χ2v) is 6.30. The predicted molar refractivity (Wildman–Crippen MR) is 69.8 cm³/mol. The first kappa shape index (κ1) is 15.6. The number of hydrogen-bond donors (Lipinski definition) is 3. The van der Waals surface area contributed by atoms with Crippen molar-refractivity contribution in [2.45, 2.75) is 18.2 Å². The van der Waals surface area contributed by atoms with E-state index >= 15 is 0 Å². The third-order valence-electron chi connectivity index (χ3n) is 2.09. The van der Waals surface area contributed by atoms with Crippen LogP contribution in [0.15, 0.2) is 16.3 Å². The minimum atomic E-state index is -3.86. The molecule has 0 saturated heterocycles. The van der Waals surface area contributed by atoms with Crippen LogP contribution in [0.3, 0.4) is 0 Å². The molecule has 106 valence electrons. The summed E-state index contributed by atoms with van der Waals surface area (Å²) in [5.41, 5.74) is 0. The number of carbonyl (C=O) groups is 2. The summed E-state index contributed by atoms with van der Waals surface area (Å²) in [7, 11) is -3.86. The summed E-state index contributed by atoms with van der Waals surface area (Å²) < 4.78 is 25.6. The second kappa shape index (κ2) is 6.64. The highest BCUT2D eigenvalue weighted by Gasteiger charge is 2.19. The Morgan fingerprint density at radius 2 is 2.11 bits per heavy atom. The maximum absolute atomic E-state index is 11.8. The number of thiophene rings is 1. The quantitative estimate of drug-likeness (QED) is 0.668. The lowest BCUT2D eigenvalue weighted by Gasteiger charge is -2.05. The van der Waals surface area contributed by atoms with E-state index in [4.69, 9.17) is 5.11 Å². The molecule has 7 nitrogen and oxygen atoms in total. The van der Waals surface area contributed by atoms with E-state index in [0.717, 1.165) is 23.8 Å². The molecule has 0 aliphatic rings. The van der Waals surface area contributed by atoms with Gasteiger partial charge in [-0.1, -0.05) is 6.92 Å². The van der Waals surface area contributed by atoms with Gasteiger partial charge in [-0.3, -0.25) is 4.79 Å². The first-order valence-corrected chi connectivity index (χ1v) is 7.81. The number of nitrogens with one attached hydrogen (secondary N) is 2. The Hall–Kier alpha value is -1.45. The summed E-state index contributed by atoms with van der Waals surface area (Å²) in [6.07, 6.45) is 0.755. The minimum Gasteiger partial charge on any atom is -0.477 e. The van der Waals surface area contributed by atoms with Crippen LogP contribution in [0, 0.1) is 0 Å². The number of rotatable bonds is 7. The first-order valence-electron chi connectivity index (χ1n) is 5.45. The van der Waals surface area contributed by atoms with Crippen LogP contribution in [-0.4, -0.2) is 38.5 Å². The minimum absolute atomic E-state index is 0.0733. The number of amides is 1. The molecule has 1 aromatic heterocycles. The Balaban J connectivity index is 2.65. The molecule has 1 amide bonds. The van der Waals surface area contributed by atoms with Crippen molar-refractivity contribution in [3.05, 3.63) is 16.3 Å². The highest BCUT2D eigenvalue weighted by Crippen LogP contribution is 2.18. The van der Waals surface area contributed by atoms with Crippen LogP contribution in [0.4, 0.5) is 0 Å². The van der Waals surface area contributed by atoms with Crippen molar-refractivity contribution in [1.82, 2.24) is 10.0 Å². The molecule has 0 atom stereocenters. The van der Waals surface area contributed by atoms with Crippen molar-refractivity contribution in [3.63, 3.8) is 0 Å². The van der Waals surface area contributed by atoms with E-state index < -0.39 is 21.9 Å². The average molecular weight is 306 g/mol. The number of carboxylic acid groups (broad SMARTS) is 1. The van der Waals surface area contributed by atoms with Crippen molar-refractivity contribution in [2.24, 2.45) is 0 Å². The van der Waals surface area contributed by atoms with E-state index in [9.17, 15) is 18.0 Å². The third-order valence-corrected chi connectivity index (χ3v) is 4.54. The Bertz CT molecular complexity index is 564. The molecule has 9 heteroatoms. The molecule has 0 saturated carbocycles. The Morgan fingerprint density at radius 1 is 1.42 bits per heavy atom. The van der Waals surface area contributed by atoms with Gasteiger partial charge in [0.15, 0.2) is 0 Å². The highest BCUT2D eigenvalue weighted by atomic mass is 32.2. The molecular weight excluding hydrogens is 292 g/mol. The summed E-state index contributed by atoms with van der Waals surface area (Å²) in [5.74, 6) is -1.62. The van der Waals surface area contributed by atoms with Gasteiger partial charge in [0.05, 0.1) is 11.4 Å². The van der Waals surface area contributed by atoms with Gasteiger partial charge in [0.25, 0.3) is 0 Å². The Kier molecular flexibility index (Phi) is 5.45. The van der Waals surface area contributed by atoms with E-state index in [1.165, 1.54) is 5.38 Å². The Morgan fingerprint density at radius 3 is 2.63 bits per heavy atom. The lowest BCUT2D eigenvalue weighted by atomic mass is 10.5. The van der Waals surface area contributed by atoms with E-state index in [1.807, 2.05) is 6.92 Å². The Labute approximate surface area is 114 Å². The standard InChI is InChI=1S/C10H14N2O5S2/c1-2-3-11-9(13)5-12-19(16,17)7-4-8(10(14)15)18-6-7/h4,6,12H,2-3,5H2,1H3,(H,11,13)(H,14,15). The number of hydrogen-bond acceptors (Lipinski definition) is 5. The van der Waals surface area contributed by atoms with Gasteiger partial charge in [-0.2, -0.15) is 0 Å². The summed E-state index contributed by atoms with van der Waals surface area (Å²) >= 11 is 0.813. The van der Waals surface area contributed by atoms with Gasteiger partial charge < -0.3 is 10.4 Å². The van der Waals surface area contributed by atoms with Gasteiger partial charge >= 0.3 is 5.97 Å². The smallest absolute Gasteiger partial charge is 0.345 e. The van der Waals surface area contributed by atoms with E-state index in [-0.39, 0.29) is 16.3 Å². The topological polar surface area (TPSA) is 113 Å². The summed E-state index contributed by atoms with van der Waals surface area (Å²) in [6, 6.07) is 1.05. The average Bonchev–Trinajstić information content (AvgIpc) is 2.84. The lowest BCUT2D eigenvalue weighted by molar-refractivity contribution is -0.119. The molecule has 0 fully saturated rings. The molecular formula is C10H14N2O5S2. The van der Waals surface area contributed by atoms with Crippen molar-refractivity contribution < 1.29 is 23.1 Å². The van der Waals surface area contributed by atoms with E-state index in [0.29, 0.717) is 6.54 Å². The summed E-state index contributed by atoms with van der Waals surface area (Å²) in [6.45, 7) is 1.98. The molecule has 0 aliphatic heterocycles. The fraction of sp³-hybridized carbons (Fsp3) is 0.400. The molecule has 0 spiro atoms. The summed E-state index contributed by atoms with van der Waals surface area (Å²) in [4.78, 5) is 21.7. The maximum Gasteiger partial charge on any atom is 0.345 e. The molecule has 1 heterocycles. The van der Waals surface area contributed by atoms with Gasteiger partial charge in [0, 0.05) is 11.9 Å². The van der Waals surface area contributed by atoms with Gasteiger partial charge in [0.2, 0.25) is 15.9 Å². The van der Waals surface area contributed by atoms with Gasteiger partial charge in [-0.15, -0.1) is 11.3 Å². The fourth-order valence-corrected chi connectivity index (χ4v) is 3.24. The maximum atomic E-state index is 11.8. The van der Waals surface area contributed by atoms with Crippen LogP contribution >= 0.6 is 11.3 Å². The zero-order valence-electron chi connectivity index (χ0n) is 10.2. The SMILES string of the molecule is CCCNC(=O)CNS(=O)(=O)c1csc(C(=O)O)c1. The highest BCUT2D eigenvalue weighted by molar-refractivity contribution is 7.89. The van der Waals surface area contributed by atoms with Crippen LogP contribution in [0.1, 0.15) is 23.0 Å². The van der Waals surface area contributed by atoms with Gasteiger partial charge in [-0.25, -0.2) is 17.9 Å². The molecule has 1 rings (SSSR count). The molecule has 1 aromatic rings. The van der Waals surface area contributed by atoms with Crippen LogP contribution in [-0.2, 0) is 14.8 Å². The van der Waals surface area contributed by atoms with Crippen molar-refractivity contribution in [2.75, 3.05) is 13.1 Å². The summed E-state index contributed by atoms with van der Waals surface area (Å²) in [5, 5.41) is 12.5.